The second kappa shape index (κ2) is 5.43. The Morgan fingerprint density at radius 3 is 2.58 bits per heavy atom. The Bertz CT molecular complexity index is 444. The molecule has 1 atom stereocenters. The van der Waals surface area contributed by atoms with E-state index in [-0.39, 0.29) is 5.78 Å². The first-order chi connectivity index (χ1) is 9.00. The first kappa shape index (κ1) is 14.2. The van der Waals surface area contributed by atoms with E-state index in [0.29, 0.717) is 13.2 Å². The minimum absolute atomic E-state index is 0.161. The minimum Gasteiger partial charge on any atom is -0.379 e. The van der Waals surface area contributed by atoms with Crippen LogP contribution in [0, 0.1) is 6.92 Å². The summed E-state index contributed by atoms with van der Waals surface area (Å²) in [4.78, 5) is 15.2. The van der Waals surface area contributed by atoms with Crippen LogP contribution in [0.25, 0.3) is 0 Å². The van der Waals surface area contributed by atoms with Crippen molar-refractivity contribution in [1.82, 2.24) is 14.7 Å². The largest absolute Gasteiger partial charge is 0.379 e. The summed E-state index contributed by atoms with van der Waals surface area (Å²) < 4.78 is 7.07. The van der Waals surface area contributed by atoms with Gasteiger partial charge in [0.15, 0.2) is 0 Å². The van der Waals surface area contributed by atoms with Crippen molar-refractivity contribution in [3.05, 3.63) is 17.5 Å². The van der Waals surface area contributed by atoms with Gasteiger partial charge in [0.2, 0.25) is 5.78 Å². The van der Waals surface area contributed by atoms with Gasteiger partial charge in [-0.3, -0.25) is 14.4 Å². The molecule has 5 nitrogen and oxygen atoms in total. The van der Waals surface area contributed by atoms with Crippen LogP contribution in [0.5, 0.6) is 0 Å². The van der Waals surface area contributed by atoms with Gasteiger partial charge in [-0.15, -0.1) is 0 Å². The number of carbonyl (C=O) groups excluding carboxylic acids is 1. The van der Waals surface area contributed by atoms with Gasteiger partial charge in [0.05, 0.1) is 24.9 Å². The Labute approximate surface area is 114 Å². The van der Waals surface area contributed by atoms with Crippen molar-refractivity contribution in [3.63, 3.8) is 0 Å². The number of aromatic nitrogens is 2. The molecule has 0 aliphatic carbocycles. The van der Waals surface area contributed by atoms with Gasteiger partial charge in [0, 0.05) is 20.1 Å². The van der Waals surface area contributed by atoms with Gasteiger partial charge in [-0.2, -0.15) is 5.10 Å². The molecule has 2 rings (SSSR count). The second-order valence-corrected chi connectivity index (χ2v) is 5.36. The van der Waals surface area contributed by atoms with E-state index < -0.39 is 5.54 Å². The number of Topliss-reactive ketones (excluding diaryl/α,β-unsaturated/α-hetero) is 1. The summed E-state index contributed by atoms with van der Waals surface area (Å²) >= 11 is 0. The molecule has 1 aliphatic heterocycles. The van der Waals surface area contributed by atoms with E-state index in [2.05, 4.69) is 16.9 Å². The lowest BCUT2D eigenvalue weighted by molar-refractivity contribution is -0.0110. The van der Waals surface area contributed by atoms with Gasteiger partial charge in [0.25, 0.3) is 0 Å². The first-order valence-electron chi connectivity index (χ1n) is 6.87. The number of carbonyl (C=O) groups is 1. The van der Waals surface area contributed by atoms with Crippen molar-refractivity contribution in [2.75, 3.05) is 26.3 Å². The lowest BCUT2D eigenvalue weighted by Crippen LogP contribution is -2.56. The van der Waals surface area contributed by atoms with Crippen LogP contribution in [0.15, 0.2) is 6.20 Å². The highest BCUT2D eigenvalue weighted by Gasteiger charge is 2.40. The highest BCUT2D eigenvalue weighted by Crippen LogP contribution is 2.26. The molecular formula is C14H23N3O2. The quantitative estimate of drug-likeness (QED) is 0.772. The van der Waals surface area contributed by atoms with E-state index in [1.165, 1.54) is 0 Å². The molecule has 1 aliphatic rings. The summed E-state index contributed by atoms with van der Waals surface area (Å²) in [6.07, 6.45) is 2.54. The molecule has 1 unspecified atom stereocenters. The van der Waals surface area contributed by atoms with Crippen molar-refractivity contribution in [2.24, 2.45) is 7.05 Å². The second-order valence-electron chi connectivity index (χ2n) is 5.36. The average molecular weight is 265 g/mol. The molecule has 106 valence electrons. The molecule has 1 aromatic rings. The Morgan fingerprint density at radius 2 is 2.11 bits per heavy atom. The van der Waals surface area contributed by atoms with Crippen molar-refractivity contribution in [3.8, 4) is 0 Å². The van der Waals surface area contributed by atoms with E-state index in [4.69, 9.17) is 4.74 Å². The van der Waals surface area contributed by atoms with Crippen molar-refractivity contribution >= 4 is 5.78 Å². The van der Waals surface area contributed by atoms with Gasteiger partial charge < -0.3 is 4.74 Å². The molecule has 1 saturated heterocycles. The Kier molecular flexibility index (Phi) is 4.06. The van der Waals surface area contributed by atoms with Gasteiger partial charge in [-0.05, 0) is 25.8 Å². The maximum absolute atomic E-state index is 13.0. The van der Waals surface area contributed by atoms with Crippen molar-refractivity contribution in [2.45, 2.75) is 32.7 Å². The maximum atomic E-state index is 13.0. The van der Waals surface area contributed by atoms with E-state index in [9.17, 15) is 4.79 Å². The monoisotopic (exact) mass is 265 g/mol. The molecule has 1 aromatic heterocycles. The fourth-order valence-corrected chi connectivity index (χ4v) is 2.71. The van der Waals surface area contributed by atoms with E-state index in [1.54, 1.807) is 10.9 Å². The number of ketones is 1. The van der Waals surface area contributed by atoms with Crippen LogP contribution in [0.4, 0.5) is 0 Å². The molecular weight excluding hydrogens is 242 g/mol. The molecule has 0 aromatic carbocycles. The van der Waals surface area contributed by atoms with Crippen molar-refractivity contribution in [1.29, 1.82) is 0 Å². The van der Waals surface area contributed by atoms with Gasteiger partial charge in [-0.25, -0.2) is 0 Å². The van der Waals surface area contributed by atoms with Crippen LogP contribution in [0.2, 0.25) is 0 Å². The zero-order valence-electron chi connectivity index (χ0n) is 12.3. The lowest BCUT2D eigenvalue weighted by atomic mass is 9.87. The fourth-order valence-electron chi connectivity index (χ4n) is 2.71. The summed E-state index contributed by atoms with van der Waals surface area (Å²) in [5, 5.41) is 4.18. The smallest absolute Gasteiger partial charge is 0.200 e. The molecule has 19 heavy (non-hydrogen) atoms. The summed E-state index contributed by atoms with van der Waals surface area (Å²) in [5.41, 5.74) is 1.19. The normalized spacial score (nSPS) is 20.2. The number of hydrogen-bond acceptors (Lipinski definition) is 4. The number of hydrogen-bond donors (Lipinski definition) is 0. The lowest BCUT2D eigenvalue weighted by Gasteiger charge is -2.41. The van der Waals surface area contributed by atoms with Crippen molar-refractivity contribution < 1.29 is 9.53 Å². The standard InChI is InChI=1S/C14H23N3O2/c1-5-14(3,17-6-8-19-9-7-17)13(18)12-11(2)10-15-16(12)4/h10H,5-9H2,1-4H3. The summed E-state index contributed by atoms with van der Waals surface area (Å²) in [6, 6.07) is 0. The molecule has 0 amide bonds. The topological polar surface area (TPSA) is 47.4 Å². The van der Waals surface area contributed by atoms with Crippen LogP contribution >= 0.6 is 0 Å². The predicted molar refractivity (Wildman–Crippen MR) is 73.4 cm³/mol. The zero-order valence-corrected chi connectivity index (χ0v) is 12.3. The Balaban J connectivity index is 2.32. The van der Waals surface area contributed by atoms with E-state index >= 15 is 0 Å². The molecule has 2 heterocycles. The van der Waals surface area contributed by atoms with E-state index in [1.807, 2.05) is 20.9 Å². The molecule has 1 fully saturated rings. The number of nitrogens with zero attached hydrogens (tertiary/aromatic N) is 3. The van der Waals surface area contributed by atoms with Crippen LogP contribution in [-0.2, 0) is 11.8 Å². The first-order valence-corrected chi connectivity index (χ1v) is 6.87. The minimum atomic E-state index is -0.470. The number of ether oxygens (including phenoxy) is 1. The summed E-state index contributed by atoms with van der Waals surface area (Å²) in [5.74, 6) is 0.161. The highest BCUT2D eigenvalue weighted by molar-refractivity contribution is 6.02. The van der Waals surface area contributed by atoms with Crippen LogP contribution in [0.1, 0.15) is 36.3 Å². The van der Waals surface area contributed by atoms with Gasteiger partial charge in [0.1, 0.15) is 5.69 Å². The Morgan fingerprint density at radius 1 is 1.47 bits per heavy atom. The predicted octanol–water partition coefficient (Wildman–Crippen LogP) is 1.41. The third kappa shape index (κ3) is 2.44. The molecule has 0 spiro atoms. The average Bonchev–Trinajstić information content (AvgIpc) is 2.77. The third-order valence-electron chi connectivity index (χ3n) is 4.22. The Hall–Kier alpha value is -1.20. The summed E-state index contributed by atoms with van der Waals surface area (Å²) in [6.45, 7) is 9.07. The number of aryl methyl sites for hydroxylation is 2. The molecule has 5 heteroatoms. The molecule has 0 saturated carbocycles. The van der Waals surface area contributed by atoms with E-state index in [0.717, 1.165) is 30.8 Å². The van der Waals surface area contributed by atoms with Gasteiger partial charge >= 0.3 is 0 Å². The molecule has 0 N–H and O–H groups in total. The summed E-state index contributed by atoms with van der Waals surface area (Å²) in [7, 11) is 1.83. The number of rotatable bonds is 4. The number of morpholine rings is 1. The molecule has 0 radical (unpaired) electrons. The third-order valence-corrected chi connectivity index (χ3v) is 4.22. The molecule has 0 bridgehead atoms. The zero-order chi connectivity index (χ0) is 14.0. The fraction of sp³-hybridized carbons (Fsp3) is 0.714. The maximum Gasteiger partial charge on any atom is 0.200 e. The van der Waals surface area contributed by atoms with Crippen LogP contribution < -0.4 is 0 Å². The van der Waals surface area contributed by atoms with Crippen LogP contribution in [-0.4, -0.2) is 52.3 Å². The van der Waals surface area contributed by atoms with Crippen LogP contribution in [0.3, 0.4) is 0 Å². The van der Waals surface area contributed by atoms with Gasteiger partial charge in [-0.1, -0.05) is 6.92 Å². The highest BCUT2D eigenvalue weighted by atomic mass is 16.5. The SMILES string of the molecule is CCC(C)(C(=O)c1c(C)cnn1C)N1CCOCC1.